The smallest absolute Gasteiger partial charge is 0.338 e. The molecule has 1 aliphatic heterocycles. The van der Waals surface area contributed by atoms with Gasteiger partial charge in [0.1, 0.15) is 0 Å². The lowest BCUT2D eigenvalue weighted by Gasteiger charge is -2.12. The standard InChI is InChI=1S/C11H9NO4/c13-11-9(5-3-7-16-11)8-4-1-2-6-10(8)12(14)15/h1-2,4-6H,3,7H2. The first-order valence-corrected chi connectivity index (χ1v) is 4.81. The first-order valence-electron chi connectivity index (χ1n) is 4.81. The highest BCUT2D eigenvalue weighted by Gasteiger charge is 2.23. The molecule has 0 radical (unpaired) electrons. The molecule has 0 atom stereocenters. The molecule has 0 fully saturated rings. The SMILES string of the molecule is O=C1OCCC=C1c1ccccc1[N+](=O)[O-]. The molecule has 5 nitrogen and oxygen atoms in total. The maximum absolute atomic E-state index is 11.5. The van der Waals surface area contributed by atoms with Crippen LogP contribution in [-0.2, 0) is 9.53 Å². The van der Waals surface area contributed by atoms with Crippen molar-refractivity contribution >= 4 is 17.2 Å². The van der Waals surface area contributed by atoms with Crippen molar-refractivity contribution in [3.05, 3.63) is 46.0 Å². The van der Waals surface area contributed by atoms with Crippen LogP contribution in [0.5, 0.6) is 0 Å². The van der Waals surface area contributed by atoms with Crippen LogP contribution in [0.1, 0.15) is 12.0 Å². The summed E-state index contributed by atoms with van der Waals surface area (Å²) < 4.78 is 4.85. The van der Waals surface area contributed by atoms with Gasteiger partial charge in [-0.15, -0.1) is 0 Å². The fourth-order valence-corrected chi connectivity index (χ4v) is 1.60. The lowest BCUT2D eigenvalue weighted by atomic mass is 10.0. The highest BCUT2D eigenvalue weighted by molar-refractivity contribution is 6.18. The Morgan fingerprint density at radius 3 is 2.75 bits per heavy atom. The molecule has 1 aromatic rings. The molecule has 82 valence electrons. The van der Waals surface area contributed by atoms with Crippen LogP contribution in [0.3, 0.4) is 0 Å². The number of hydrogen-bond donors (Lipinski definition) is 0. The molecular formula is C11H9NO4. The van der Waals surface area contributed by atoms with E-state index in [4.69, 9.17) is 4.74 Å². The average molecular weight is 219 g/mol. The van der Waals surface area contributed by atoms with Gasteiger partial charge >= 0.3 is 5.97 Å². The summed E-state index contributed by atoms with van der Waals surface area (Å²) in [5.41, 5.74) is 0.517. The third-order valence-corrected chi connectivity index (χ3v) is 2.31. The third-order valence-electron chi connectivity index (χ3n) is 2.31. The molecule has 0 N–H and O–H groups in total. The van der Waals surface area contributed by atoms with E-state index in [0.29, 0.717) is 18.6 Å². The number of ether oxygens (including phenoxy) is 1. The number of cyclic esters (lactones) is 1. The van der Waals surface area contributed by atoms with Crippen molar-refractivity contribution in [2.45, 2.75) is 6.42 Å². The molecule has 1 aliphatic rings. The first-order chi connectivity index (χ1) is 7.70. The van der Waals surface area contributed by atoms with Gasteiger partial charge < -0.3 is 4.74 Å². The van der Waals surface area contributed by atoms with E-state index in [2.05, 4.69) is 0 Å². The summed E-state index contributed by atoms with van der Waals surface area (Å²) in [5, 5.41) is 10.8. The van der Waals surface area contributed by atoms with Crippen LogP contribution >= 0.6 is 0 Å². The highest BCUT2D eigenvalue weighted by Crippen LogP contribution is 2.28. The monoisotopic (exact) mass is 219 g/mol. The van der Waals surface area contributed by atoms with Gasteiger partial charge in [-0.05, 0) is 6.07 Å². The number of nitrogens with zero attached hydrogens (tertiary/aromatic N) is 1. The lowest BCUT2D eigenvalue weighted by molar-refractivity contribution is -0.385. The van der Waals surface area contributed by atoms with E-state index in [0.717, 1.165) is 0 Å². The lowest BCUT2D eigenvalue weighted by Crippen LogP contribution is -2.13. The fraction of sp³-hybridized carbons (Fsp3) is 0.182. The van der Waals surface area contributed by atoms with Crippen molar-refractivity contribution in [3.8, 4) is 0 Å². The predicted molar refractivity (Wildman–Crippen MR) is 56.6 cm³/mol. The second kappa shape index (κ2) is 4.14. The molecule has 0 spiro atoms. The van der Waals surface area contributed by atoms with Crippen LogP contribution in [-0.4, -0.2) is 17.5 Å². The van der Waals surface area contributed by atoms with E-state index in [1.165, 1.54) is 6.07 Å². The molecule has 0 amide bonds. The largest absolute Gasteiger partial charge is 0.462 e. The quantitative estimate of drug-likeness (QED) is 0.433. The Hall–Kier alpha value is -2.17. The van der Waals surface area contributed by atoms with Crippen LogP contribution in [0.25, 0.3) is 5.57 Å². The summed E-state index contributed by atoms with van der Waals surface area (Å²) in [4.78, 5) is 21.8. The zero-order chi connectivity index (χ0) is 11.5. The van der Waals surface area contributed by atoms with Gasteiger partial charge in [-0.25, -0.2) is 4.79 Å². The minimum atomic E-state index is -0.502. The molecular weight excluding hydrogens is 210 g/mol. The van der Waals surface area contributed by atoms with E-state index in [1.807, 2.05) is 0 Å². The Bertz CT molecular complexity index is 479. The van der Waals surface area contributed by atoms with Gasteiger partial charge in [0.05, 0.1) is 22.7 Å². The van der Waals surface area contributed by atoms with Crippen LogP contribution in [0.4, 0.5) is 5.69 Å². The average Bonchev–Trinajstić information content (AvgIpc) is 2.29. The molecule has 1 heterocycles. The topological polar surface area (TPSA) is 69.4 Å². The summed E-state index contributed by atoms with van der Waals surface area (Å²) in [6, 6.07) is 6.15. The molecule has 0 unspecified atom stereocenters. The number of nitro benzene ring substituents is 1. The van der Waals surface area contributed by atoms with Crippen molar-refractivity contribution in [1.29, 1.82) is 0 Å². The number of rotatable bonds is 2. The second-order valence-corrected chi connectivity index (χ2v) is 3.32. The molecule has 0 aliphatic carbocycles. The predicted octanol–water partition coefficient (Wildman–Crippen LogP) is 1.93. The van der Waals surface area contributed by atoms with Gasteiger partial charge in [-0.3, -0.25) is 10.1 Å². The molecule has 0 aromatic heterocycles. The molecule has 5 heteroatoms. The van der Waals surface area contributed by atoms with E-state index in [9.17, 15) is 14.9 Å². The second-order valence-electron chi connectivity index (χ2n) is 3.32. The van der Waals surface area contributed by atoms with E-state index in [-0.39, 0.29) is 11.3 Å². The van der Waals surface area contributed by atoms with Crippen molar-refractivity contribution in [1.82, 2.24) is 0 Å². The molecule has 0 bridgehead atoms. The van der Waals surface area contributed by atoms with Gasteiger partial charge in [-0.1, -0.05) is 18.2 Å². The number of carbonyl (C=O) groups is 1. The van der Waals surface area contributed by atoms with Crippen molar-refractivity contribution in [2.75, 3.05) is 6.61 Å². The van der Waals surface area contributed by atoms with Crippen LogP contribution in [0, 0.1) is 10.1 Å². The first kappa shape index (κ1) is 10.4. The van der Waals surface area contributed by atoms with E-state index < -0.39 is 10.9 Å². The zero-order valence-electron chi connectivity index (χ0n) is 8.38. The summed E-state index contributed by atoms with van der Waals surface area (Å²) in [7, 11) is 0. The van der Waals surface area contributed by atoms with Gasteiger partial charge in [0, 0.05) is 12.5 Å². The van der Waals surface area contributed by atoms with E-state index >= 15 is 0 Å². The third kappa shape index (κ3) is 1.79. The van der Waals surface area contributed by atoms with Crippen LogP contribution in [0.15, 0.2) is 30.3 Å². The maximum Gasteiger partial charge on any atom is 0.338 e. The molecule has 0 saturated carbocycles. The van der Waals surface area contributed by atoms with Crippen molar-refractivity contribution in [3.63, 3.8) is 0 Å². The maximum atomic E-state index is 11.5. The Labute approximate surface area is 91.5 Å². The Morgan fingerprint density at radius 1 is 1.31 bits per heavy atom. The number of carbonyl (C=O) groups excluding carboxylic acids is 1. The number of hydrogen-bond acceptors (Lipinski definition) is 4. The summed E-state index contributed by atoms with van der Waals surface area (Å²) >= 11 is 0. The van der Waals surface area contributed by atoms with Gasteiger partial charge in [0.2, 0.25) is 0 Å². The summed E-state index contributed by atoms with van der Waals surface area (Å²) in [5.74, 6) is -0.499. The van der Waals surface area contributed by atoms with Gasteiger partial charge in [-0.2, -0.15) is 0 Å². The molecule has 16 heavy (non-hydrogen) atoms. The summed E-state index contributed by atoms with van der Waals surface area (Å²) in [6.45, 7) is 0.336. The normalized spacial score (nSPS) is 15.2. The zero-order valence-corrected chi connectivity index (χ0v) is 8.38. The highest BCUT2D eigenvalue weighted by atomic mass is 16.6. The minimum absolute atomic E-state index is 0.0763. The van der Waals surface area contributed by atoms with Gasteiger partial charge in [0.15, 0.2) is 0 Å². The minimum Gasteiger partial charge on any atom is -0.462 e. The van der Waals surface area contributed by atoms with Gasteiger partial charge in [0.25, 0.3) is 5.69 Å². The Kier molecular flexibility index (Phi) is 2.68. The fourth-order valence-electron chi connectivity index (χ4n) is 1.60. The van der Waals surface area contributed by atoms with Crippen LogP contribution in [0.2, 0.25) is 0 Å². The number of para-hydroxylation sites is 1. The van der Waals surface area contributed by atoms with Crippen molar-refractivity contribution in [2.24, 2.45) is 0 Å². The molecule has 1 aromatic carbocycles. The summed E-state index contributed by atoms with van der Waals surface area (Å²) in [6.07, 6.45) is 2.27. The van der Waals surface area contributed by atoms with E-state index in [1.54, 1.807) is 24.3 Å². The van der Waals surface area contributed by atoms with Crippen molar-refractivity contribution < 1.29 is 14.5 Å². The number of esters is 1. The number of benzene rings is 1. The Balaban J connectivity index is 2.51. The molecule has 0 saturated heterocycles. The Morgan fingerprint density at radius 2 is 2.06 bits per heavy atom. The number of nitro groups is 1. The molecule has 2 rings (SSSR count). The van der Waals surface area contributed by atoms with Crippen LogP contribution < -0.4 is 0 Å².